The number of hydrogen-bond donors (Lipinski definition) is 2. The first-order chi connectivity index (χ1) is 25.9. The van der Waals surface area contributed by atoms with Crippen LogP contribution < -0.4 is 4.74 Å². The summed E-state index contributed by atoms with van der Waals surface area (Å²) >= 11 is 5.98. The third-order valence-corrected chi connectivity index (χ3v) is 12.5. The van der Waals surface area contributed by atoms with Crippen LogP contribution in [0.3, 0.4) is 0 Å². The number of imidazole rings is 1. The lowest BCUT2D eigenvalue weighted by atomic mass is 10.1. The zero-order valence-electron chi connectivity index (χ0n) is 32.3. The molecule has 3 heterocycles. The lowest BCUT2D eigenvalue weighted by molar-refractivity contribution is -0.0485. The molecule has 0 aromatic carbocycles. The fourth-order valence-corrected chi connectivity index (χ4v) is 8.94. The number of phosphoric ester groups is 1. The molecule has 14 nitrogen and oxygen atoms in total. The molecular formula is C36H63ClFN4O10PS. The van der Waals surface area contributed by atoms with E-state index in [2.05, 4.69) is 28.8 Å². The van der Waals surface area contributed by atoms with Crippen LogP contribution in [-0.4, -0.2) is 101 Å². The van der Waals surface area contributed by atoms with E-state index in [0.717, 1.165) is 51.4 Å². The van der Waals surface area contributed by atoms with E-state index in [1.54, 1.807) is 0 Å². The Kier molecular flexibility index (Phi) is 21.7. The van der Waals surface area contributed by atoms with Gasteiger partial charge in [-0.25, -0.2) is 22.4 Å². The van der Waals surface area contributed by atoms with Gasteiger partial charge in [0.2, 0.25) is 11.2 Å². The third-order valence-electron chi connectivity index (χ3n) is 9.55. The van der Waals surface area contributed by atoms with Crippen molar-refractivity contribution in [3.05, 3.63) is 11.6 Å². The van der Waals surface area contributed by atoms with E-state index in [1.165, 1.54) is 75.8 Å². The zero-order chi connectivity index (χ0) is 39.4. The van der Waals surface area contributed by atoms with Crippen molar-refractivity contribution in [2.24, 2.45) is 0 Å². The molecule has 2 aromatic heterocycles. The number of nitrogens with zero attached hydrogens (tertiary/aromatic N) is 4. The maximum atomic E-state index is 15.3. The number of halogens is 2. The number of unbranched alkanes of at least 4 members (excludes halogenated alkanes) is 16. The molecule has 1 aliphatic heterocycles. The summed E-state index contributed by atoms with van der Waals surface area (Å²) < 4.78 is 82.6. The summed E-state index contributed by atoms with van der Waals surface area (Å²) in [5.41, 5.74) is 0.274. The molecule has 3 rings (SSSR count). The SMILES string of the molecule is CCCCCCCCCCCCS(=O)(=O)CC(COP(=O)(O)OC[C@H]1O[C@@H](n2cnc3c(OC)nc(Cl)nc32)[C@@H](F)[C@@H]1O)OCCCCCCCCCC. The largest absolute Gasteiger partial charge is 0.479 e. The summed E-state index contributed by atoms with van der Waals surface area (Å²) in [6.45, 7) is 3.42. The van der Waals surface area contributed by atoms with Crippen LogP contribution in [0.1, 0.15) is 136 Å². The molecule has 312 valence electrons. The molecule has 0 spiro atoms. The van der Waals surface area contributed by atoms with Crippen molar-refractivity contribution in [2.45, 2.75) is 160 Å². The van der Waals surface area contributed by atoms with Gasteiger partial charge >= 0.3 is 7.82 Å². The molecule has 0 bridgehead atoms. The van der Waals surface area contributed by atoms with E-state index in [-0.39, 0.29) is 40.4 Å². The highest BCUT2D eigenvalue weighted by molar-refractivity contribution is 7.91. The molecule has 0 amide bonds. The third kappa shape index (κ3) is 16.5. The van der Waals surface area contributed by atoms with Crippen LogP contribution >= 0.6 is 19.4 Å². The Morgan fingerprint density at radius 3 is 2.09 bits per heavy atom. The fraction of sp³-hybridized carbons (Fsp3) is 0.861. The van der Waals surface area contributed by atoms with Crippen LogP contribution in [0.4, 0.5) is 4.39 Å². The predicted octanol–water partition coefficient (Wildman–Crippen LogP) is 8.08. The lowest BCUT2D eigenvalue weighted by Gasteiger charge is -2.21. The summed E-state index contributed by atoms with van der Waals surface area (Å²) in [7, 11) is -7.01. The maximum absolute atomic E-state index is 15.3. The van der Waals surface area contributed by atoms with Gasteiger partial charge in [0.15, 0.2) is 33.4 Å². The summed E-state index contributed by atoms with van der Waals surface area (Å²) in [6, 6.07) is 0. The molecule has 0 saturated carbocycles. The predicted molar refractivity (Wildman–Crippen MR) is 206 cm³/mol. The second kappa shape index (κ2) is 25.0. The lowest BCUT2D eigenvalue weighted by Crippen LogP contribution is -2.32. The average Bonchev–Trinajstić information content (AvgIpc) is 3.68. The smallest absolute Gasteiger partial charge is 0.472 e. The molecule has 2 N–H and O–H groups in total. The molecule has 0 radical (unpaired) electrons. The van der Waals surface area contributed by atoms with Crippen molar-refractivity contribution in [1.82, 2.24) is 19.5 Å². The molecule has 2 aromatic rings. The average molecular weight is 829 g/mol. The van der Waals surface area contributed by atoms with E-state index in [1.807, 2.05) is 0 Å². The van der Waals surface area contributed by atoms with Crippen molar-refractivity contribution in [1.29, 1.82) is 0 Å². The van der Waals surface area contributed by atoms with Crippen molar-refractivity contribution >= 4 is 40.4 Å². The number of alkyl halides is 1. The minimum atomic E-state index is -4.82. The van der Waals surface area contributed by atoms with Gasteiger partial charge in [0.1, 0.15) is 12.2 Å². The number of fused-ring (bicyclic) bond motifs is 1. The minimum Gasteiger partial charge on any atom is -0.479 e. The highest BCUT2D eigenvalue weighted by atomic mass is 35.5. The molecule has 1 saturated heterocycles. The van der Waals surface area contributed by atoms with Gasteiger partial charge in [-0.1, -0.05) is 117 Å². The molecule has 0 aliphatic carbocycles. The monoisotopic (exact) mass is 828 g/mol. The normalized spacial score (nSPS) is 20.8. The van der Waals surface area contributed by atoms with Crippen LogP contribution in [-0.2, 0) is 32.9 Å². The Morgan fingerprint density at radius 2 is 1.50 bits per heavy atom. The molecule has 2 unspecified atom stereocenters. The summed E-state index contributed by atoms with van der Waals surface area (Å²) in [4.78, 5) is 22.6. The maximum Gasteiger partial charge on any atom is 0.472 e. The number of hydrogen-bond acceptors (Lipinski definition) is 12. The van der Waals surface area contributed by atoms with Gasteiger partial charge in [-0.15, -0.1) is 0 Å². The molecular weight excluding hydrogens is 766 g/mol. The van der Waals surface area contributed by atoms with Crippen LogP contribution in [0.15, 0.2) is 6.33 Å². The Labute approximate surface area is 325 Å². The molecule has 1 fully saturated rings. The van der Waals surface area contributed by atoms with Gasteiger partial charge in [-0.05, 0) is 24.4 Å². The summed E-state index contributed by atoms with van der Waals surface area (Å²) in [6.07, 6.45) is 13.1. The van der Waals surface area contributed by atoms with Crippen LogP contribution in [0.25, 0.3) is 11.2 Å². The van der Waals surface area contributed by atoms with E-state index in [4.69, 9.17) is 34.9 Å². The Bertz CT molecular complexity index is 1510. The number of phosphoric acid groups is 1. The van der Waals surface area contributed by atoms with Crippen LogP contribution in [0.2, 0.25) is 5.28 Å². The first-order valence-corrected chi connectivity index (χ1v) is 23.5. The number of ether oxygens (including phenoxy) is 3. The van der Waals surface area contributed by atoms with Gasteiger partial charge in [0, 0.05) is 6.61 Å². The Balaban J connectivity index is 1.51. The fourth-order valence-electron chi connectivity index (χ4n) is 6.45. The van der Waals surface area contributed by atoms with Gasteiger partial charge < -0.3 is 24.2 Å². The number of aliphatic hydroxyl groups is 1. The molecule has 54 heavy (non-hydrogen) atoms. The number of sulfone groups is 1. The van der Waals surface area contributed by atoms with E-state index in [9.17, 15) is 23.0 Å². The van der Waals surface area contributed by atoms with Crippen molar-refractivity contribution in [3.63, 3.8) is 0 Å². The van der Waals surface area contributed by atoms with Crippen molar-refractivity contribution < 1.29 is 50.6 Å². The standard InChI is InChI=1S/C36H63ClFN4O10PS/c1-4-6-8-10-12-14-15-17-19-21-23-54(46,47)26-28(49-22-20-18-16-13-11-9-7-5-2)24-50-53(44,45)51-25-29-32(43)30(38)35(52-29)42-27-39-31-33(42)40-36(37)41-34(31)48-3/h27-30,32,35,43H,4-26H2,1-3H3,(H,44,45)/t28?,29-,30+,32-,35-/m1/s1. The Hall–Kier alpha value is -1.49. The summed E-state index contributed by atoms with van der Waals surface area (Å²) in [5.74, 6) is -0.315. The van der Waals surface area contributed by atoms with Crippen molar-refractivity contribution in [2.75, 3.05) is 38.4 Å². The molecule has 6 atom stereocenters. The topological polar surface area (TPSA) is 181 Å². The highest BCUT2D eigenvalue weighted by Crippen LogP contribution is 2.45. The van der Waals surface area contributed by atoms with Gasteiger partial charge in [-0.3, -0.25) is 13.6 Å². The van der Waals surface area contributed by atoms with E-state index < -0.39 is 61.6 Å². The zero-order valence-corrected chi connectivity index (χ0v) is 34.8. The minimum absolute atomic E-state index is 0.00586. The summed E-state index contributed by atoms with van der Waals surface area (Å²) in [5, 5.41) is 10.4. The van der Waals surface area contributed by atoms with Gasteiger partial charge in [0.05, 0.1) is 44.3 Å². The van der Waals surface area contributed by atoms with E-state index >= 15 is 4.39 Å². The number of methoxy groups -OCH3 is 1. The van der Waals surface area contributed by atoms with Crippen LogP contribution in [0.5, 0.6) is 5.88 Å². The van der Waals surface area contributed by atoms with Gasteiger partial charge in [-0.2, -0.15) is 9.97 Å². The van der Waals surface area contributed by atoms with Crippen molar-refractivity contribution in [3.8, 4) is 5.88 Å². The molecule has 1 aliphatic rings. The second-order valence-corrected chi connectivity index (χ2v) is 18.2. The number of aromatic nitrogens is 4. The first kappa shape index (κ1) is 46.9. The van der Waals surface area contributed by atoms with Crippen LogP contribution in [0, 0.1) is 0 Å². The van der Waals surface area contributed by atoms with Gasteiger partial charge in [0.25, 0.3) is 0 Å². The quantitative estimate of drug-likeness (QED) is 0.0423. The highest BCUT2D eigenvalue weighted by Gasteiger charge is 2.47. The second-order valence-electron chi connectivity index (χ2n) is 14.2. The van der Waals surface area contributed by atoms with E-state index in [0.29, 0.717) is 6.42 Å². The Morgan fingerprint density at radius 1 is 0.926 bits per heavy atom. The number of aliphatic hydroxyl groups excluding tert-OH is 1. The number of rotatable bonds is 31. The molecule has 18 heteroatoms. The first-order valence-electron chi connectivity index (χ1n) is 19.8.